The zero-order valence-electron chi connectivity index (χ0n) is 11.2. The lowest BCUT2D eigenvalue weighted by molar-refractivity contribution is -0.120. The van der Waals surface area contributed by atoms with Crippen molar-refractivity contribution in [3.8, 4) is 0 Å². The van der Waals surface area contributed by atoms with Crippen LogP contribution in [-0.4, -0.2) is 43.7 Å². The van der Waals surface area contributed by atoms with Crippen molar-refractivity contribution in [1.29, 1.82) is 0 Å². The van der Waals surface area contributed by atoms with Crippen molar-refractivity contribution < 1.29 is 9.90 Å². The van der Waals surface area contributed by atoms with E-state index in [4.69, 9.17) is 5.11 Å². The van der Waals surface area contributed by atoms with Crippen LogP contribution in [-0.2, 0) is 4.79 Å². The van der Waals surface area contributed by atoms with E-state index >= 15 is 0 Å². The molecule has 2 N–H and O–H groups in total. The maximum Gasteiger partial charge on any atom is 0.230 e. The molecule has 1 aromatic heterocycles. The van der Waals surface area contributed by atoms with E-state index in [2.05, 4.69) is 15.5 Å². The van der Waals surface area contributed by atoms with E-state index in [0.717, 1.165) is 5.16 Å². The first-order valence-corrected chi connectivity index (χ1v) is 6.78. The lowest BCUT2D eigenvalue weighted by Gasteiger charge is -2.23. The van der Waals surface area contributed by atoms with Crippen molar-refractivity contribution >= 4 is 17.7 Å². The number of amides is 1. The van der Waals surface area contributed by atoms with Crippen LogP contribution in [0.2, 0.25) is 0 Å². The lowest BCUT2D eigenvalue weighted by atomic mass is 10.1. The van der Waals surface area contributed by atoms with Crippen LogP contribution >= 0.6 is 11.8 Å². The highest BCUT2D eigenvalue weighted by Crippen LogP contribution is 2.18. The first kappa shape index (κ1) is 15.0. The summed E-state index contributed by atoms with van der Waals surface area (Å²) in [6, 6.07) is 0.263. The second kappa shape index (κ2) is 6.19. The molecule has 1 heterocycles. The van der Waals surface area contributed by atoms with Crippen LogP contribution in [0.4, 0.5) is 0 Å². The van der Waals surface area contributed by atoms with Crippen LogP contribution in [0.25, 0.3) is 0 Å². The Labute approximate surface area is 111 Å². The van der Waals surface area contributed by atoms with Crippen LogP contribution in [0.5, 0.6) is 0 Å². The molecule has 1 rings (SSSR count). The third-order valence-corrected chi connectivity index (χ3v) is 3.26. The Kier molecular flexibility index (Phi) is 5.15. The predicted octanol–water partition coefficient (Wildman–Crippen LogP) is 0.838. The summed E-state index contributed by atoms with van der Waals surface area (Å²) in [5, 5.41) is 20.3. The minimum atomic E-state index is -0.594. The summed E-state index contributed by atoms with van der Waals surface area (Å²) >= 11 is 1.34. The Bertz CT molecular complexity index is 404. The Hall–Kier alpha value is -1.08. The highest BCUT2D eigenvalue weighted by Gasteiger charge is 2.19. The summed E-state index contributed by atoms with van der Waals surface area (Å²) in [5.74, 6) is 0.131. The SMILES string of the molecule is CC(C)n1cnnc1SCC(=O)NC(C)(C)CO. The van der Waals surface area contributed by atoms with E-state index < -0.39 is 5.54 Å². The average Bonchev–Trinajstić information content (AvgIpc) is 2.74. The highest BCUT2D eigenvalue weighted by molar-refractivity contribution is 7.99. The number of nitrogens with one attached hydrogen (secondary N) is 1. The Balaban J connectivity index is 2.50. The Morgan fingerprint density at radius 2 is 2.28 bits per heavy atom. The van der Waals surface area contributed by atoms with Gasteiger partial charge in [0.15, 0.2) is 5.16 Å². The number of hydrogen-bond acceptors (Lipinski definition) is 5. The molecule has 0 fully saturated rings. The van der Waals surface area contributed by atoms with Gasteiger partial charge in [0.1, 0.15) is 6.33 Å². The number of nitrogens with zero attached hydrogens (tertiary/aromatic N) is 3. The molecule has 7 heteroatoms. The molecule has 0 aromatic carbocycles. The van der Waals surface area contributed by atoms with Crippen LogP contribution < -0.4 is 5.32 Å². The first-order valence-electron chi connectivity index (χ1n) is 5.80. The topological polar surface area (TPSA) is 80.0 Å². The van der Waals surface area contributed by atoms with Crippen LogP contribution in [0.1, 0.15) is 33.7 Å². The normalized spacial score (nSPS) is 11.9. The molecule has 0 aliphatic rings. The quantitative estimate of drug-likeness (QED) is 0.750. The fraction of sp³-hybridized carbons (Fsp3) is 0.727. The van der Waals surface area contributed by atoms with Gasteiger partial charge in [-0.05, 0) is 27.7 Å². The van der Waals surface area contributed by atoms with Crippen molar-refractivity contribution in [2.24, 2.45) is 0 Å². The van der Waals surface area contributed by atoms with E-state index in [1.54, 1.807) is 20.2 Å². The fourth-order valence-electron chi connectivity index (χ4n) is 1.27. The summed E-state index contributed by atoms with van der Waals surface area (Å²) in [6.07, 6.45) is 1.66. The summed E-state index contributed by atoms with van der Waals surface area (Å²) in [7, 11) is 0. The summed E-state index contributed by atoms with van der Waals surface area (Å²) in [4.78, 5) is 11.7. The van der Waals surface area contributed by atoms with E-state index in [-0.39, 0.29) is 24.3 Å². The van der Waals surface area contributed by atoms with Crippen molar-refractivity contribution in [3.63, 3.8) is 0 Å². The van der Waals surface area contributed by atoms with Gasteiger partial charge >= 0.3 is 0 Å². The largest absolute Gasteiger partial charge is 0.394 e. The summed E-state index contributed by atoms with van der Waals surface area (Å²) in [5.41, 5.74) is -0.594. The number of thioether (sulfide) groups is 1. The molecule has 0 saturated heterocycles. The molecular formula is C11H20N4O2S. The van der Waals surface area contributed by atoms with Crippen LogP contribution in [0.3, 0.4) is 0 Å². The molecule has 0 aliphatic heterocycles. The predicted molar refractivity (Wildman–Crippen MR) is 70.4 cm³/mol. The fourth-order valence-corrected chi connectivity index (χ4v) is 2.12. The van der Waals surface area contributed by atoms with Gasteiger partial charge in [-0.15, -0.1) is 10.2 Å². The van der Waals surface area contributed by atoms with Crippen molar-refractivity contribution in [2.45, 2.75) is 44.4 Å². The molecule has 0 bridgehead atoms. The number of aliphatic hydroxyl groups is 1. The number of rotatable bonds is 6. The molecule has 0 aliphatic carbocycles. The van der Waals surface area contributed by atoms with Crippen LogP contribution in [0, 0.1) is 0 Å². The van der Waals surface area contributed by atoms with Gasteiger partial charge in [0.2, 0.25) is 5.91 Å². The van der Waals surface area contributed by atoms with E-state index in [1.807, 2.05) is 18.4 Å². The second-order valence-electron chi connectivity index (χ2n) is 4.99. The van der Waals surface area contributed by atoms with E-state index in [1.165, 1.54) is 11.8 Å². The average molecular weight is 272 g/mol. The lowest BCUT2D eigenvalue weighted by Crippen LogP contribution is -2.47. The van der Waals surface area contributed by atoms with Gasteiger partial charge in [0.25, 0.3) is 0 Å². The monoisotopic (exact) mass is 272 g/mol. The standard InChI is InChI=1S/C11H20N4O2S/c1-8(2)15-7-12-14-10(15)18-5-9(17)13-11(3,4)6-16/h7-8,16H,5-6H2,1-4H3,(H,13,17). The molecule has 0 atom stereocenters. The third kappa shape index (κ3) is 4.30. The maximum absolute atomic E-state index is 11.7. The number of hydrogen-bond donors (Lipinski definition) is 2. The zero-order valence-corrected chi connectivity index (χ0v) is 12.0. The molecule has 1 aromatic rings. The smallest absolute Gasteiger partial charge is 0.230 e. The molecule has 0 radical (unpaired) electrons. The number of carbonyl (C=O) groups is 1. The zero-order chi connectivity index (χ0) is 13.8. The van der Waals surface area contributed by atoms with Gasteiger partial charge in [-0.1, -0.05) is 11.8 Å². The minimum Gasteiger partial charge on any atom is -0.394 e. The van der Waals surface area contributed by atoms with Crippen molar-refractivity contribution in [3.05, 3.63) is 6.33 Å². The number of carbonyl (C=O) groups excluding carboxylic acids is 1. The van der Waals surface area contributed by atoms with Gasteiger partial charge < -0.3 is 15.0 Å². The van der Waals surface area contributed by atoms with Crippen molar-refractivity contribution in [2.75, 3.05) is 12.4 Å². The van der Waals surface area contributed by atoms with E-state index in [0.29, 0.717) is 0 Å². The third-order valence-electron chi connectivity index (χ3n) is 2.30. The Morgan fingerprint density at radius 1 is 1.61 bits per heavy atom. The molecule has 102 valence electrons. The number of aliphatic hydroxyl groups excluding tert-OH is 1. The first-order chi connectivity index (χ1) is 8.35. The summed E-state index contributed by atoms with van der Waals surface area (Å²) in [6.45, 7) is 7.51. The molecule has 0 saturated carbocycles. The molecule has 0 unspecified atom stereocenters. The molecule has 1 amide bonds. The van der Waals surface area contributed by atoms with Gasteiger partial charge in [0.05, 0.1) is 17.9 Å². The maximum atomic E-state index is 11.7. The molecular weight excluding hydrogens is 252 g/mol. The minimum absolute atomic E-state index is 0.0917. The molecule has 0 spiro atoms. The van der Waals surface area contributed by atoms with Gasteiger partial charge in [-0.2, -0.15) is 0 Å². The van der Waals surface area contributed by atoms with Gasteiger partial charge in [0, 0.05) is 6.04 Å². The van der Waals surface area contributed by atoms with E-state index in [9.17, 15) is 4.79 Å². The molecule has 6 nitrogen and oxygen atoms in total. The Morgan fingerprint density at radius 3 is 2.83 bits per heavy atom. The van der Waals surface area contributed by atoms with Crippen molar-refractivity contribution in [1.82, 2.24) is 20.1 Å². The van der Waals surface area contributed by atoms with Gasteiger partial charge in [-0.25, -0.2) is 0 Å². The molecule has 18 heavy (non-hydrogen) atoms. The highest BCUT2D eigenvalue weighted by atomic mass is 32.2. The van der Waals surface area contributed by atoms with Gasteiger partial charge in [-0.3, -0.25) is 4.79 Å². The van der Waals surface area contributed by atoms with Crippen LogP contribution in [0.15, 0.2) is 11.5 Å². The second-order valence-corrected chi connectivity index (χ2v) is 5.94. The summed E-state index contributed by atoms with van der Waals surface area (Å²) < 4.78 is 1.91. The number of aromatic nitrogens is 3.